The minimum Gasteiger partial charge on any atom is -0.378 e. The first-order valence-electron chi connectivity index (χ1n) is 6.75. The molecule has 19 heavy (non-hydrogen) atoms. The Labute approximate surface area is 118 Å². The molecule has 1 aliphatic rings. The van der Waals surface area contributed by atoms with Crippen molar-refractivity contribution in [3.63, 3.8) is 0 Å². The molecule has 4 nitrogen and oxygen atoms in total. The summed E-state index contributed by atoms with van der Waals surface area (Å²) in [6, 6.07) is 4.78. The van der Waals surface area contributed by atoms with E-state index in [0.717, 1.165) is 13.0 Å². The zero-order valence-electron chi connectivity index (χ0n) is 11.1. The Morgan fingerprint density at radius 3 is 2.68 bits per heavy atom. The predicted octanol–water partition coefficient (Wildman–Crippen LogP) is 4.63. The van der Waals surface area contributed by atoms with Crippen molar-refractivity contribution in [2.45, 2.75) is 39.0 Å². The van der Waals surface area contributed by atoms with E-state index in [0.29, 0.717) is 10.7 Å². The summed E-state index contributed by atoms with van der Waals surface area (Å²) in [7, 11) is 0. The van der Waals surface area contributed by atoms with Gasteiger partial charge in [0.15, 0.2) is 0 Å². The van der Waals surface area contributed by atoms with Crippen LogP contribution in [0.3, 0.4) is 0 Å². The zero-order valence-corrected chi connectivity index (χ0v) is 11.9. The van der Waals surface area contributed by atoms with Crippen molar-refractivity contribution in [3.8, 4) is 0 Å². The number of nitrogens with zero attached hydrogens (tertiary/aromatic N) is 1. The molecule has 0 unspecified atom stereocenters. The molecule has 0 aliphatic heterocycles. The summed E-state index contributed by atoms with van der Waals surface area (Å²) < 4.78 is 0. The fraction of sp³-hybridized carbons (Fsp3) is 0.571. The summed E-state index contributed by atoms with van der Waals surface area (Å²) in [6.07, 6.45) is 5.97. The maximum atomic E-state index is 11.0. The smallest absolute Gasteiger partial charge is 0.293 e. The SMILES string of the molecule is CCC1(CNc2c(Cl)cccc2[N+](=O)[O-])CCCC1. The van der Waals surface area contributed by atoms with E-state index < -0.39 is 0 Å². The lowest BCUT2D eigenvalue weighted by molar-refractivity contribution is -0.384. The first-order valence-corrected chi connectivity index (χ1v) is 7.12. The Kier molecular flexibility index (Phi) is 4.30. The van der Waals surface area contributed by atoms with Crippen molar-refractivity contribution in [2.24, 2.45) is 5.41 Å². The Bertz CT molecular complexity index is 471. The largest absolute Gasteiger partial charge is 0.378 e. The molecule has 1 saturated carbocycles. The lowest BCUT2D eigenvalue weighted by atomic mass is 9.83. The van der Waals surface area contributed by atoms with Gasteiger partial charge >= 0.3 is 0 Å². The minimum atomic E-state index is -0.387. The van der Waals surface area contributed by atoms with Gasteiger partial charge in [0.25, 0.3) is 5.69 Å². The van der Waals surface area contributed by atoms with Crippen molar-refractivity contribution in [2.75, 3.05) is 11.9 Å². The second-order valence-electron chi connectivity index (χ2n) is 5.31. The second kappa shape index (κ2) is 5.78. The van der Waals surface area contributed by atoms with Crippen molar-refractivity contribution < 1.29 is 4.92 Å². The van der Waals surface area contributed by atoms with E-state index in [1.165, 1.54) is 31.7 Å². The van der Waals surface area contributed by atoms with E-state index >= 15 is 0 Å². The number of nitro groups is 1. The fourth-order valence-electron chi connectivity index (χ4n) is 2.90. The van der Waals surface area contributed by atoms with Gasteiger partial charge in [-0.1, -0.05) is 37.4 Å². The molecule has 1 aliphatic carbocycles. The topological polar surface area (TPSA) is 55.2 Å². The molecule has 0 atom stereocenters. The molecule has 0 radical (unpaired) electrons. The fourth-order valence-corrected chi connectivity index (χ4v) is 3.13. The number of anilines is 1. The van der Waals surface area contributed by atoms with Gasteiger partial charge in [0.1, 0.15) is 5.69 Å². The van der Waals surface area contributed by atoms with Crippen LogP contribution < -0.4 is 5.32 Å². The molecular formula is C14H19ClN2O2. The molecular weight excluding hydrogens is 264 g/mol. The molecule has 0 spiro atoms. The third-order valence-electron chi connectivity index (χ3n) is 4.24. The number of para-hydroxylation sites is 1. The molecule has 1 aromatic rings. The lowest BCUT2D eigenvalue weighted by Gasteiger charge is -2.28. The highest BCUT2D eigenvalue weighted by atomic mass is 35.5. The average Bonchev–Trinajstić information content (AvgIpc) is 2.86. The van der Waals surface area contributed by atoms with Gasteiger partial charge in [-0.3, -0.25) is 10.1 Å². The first kappa shape index (κ1) is 14.1. The molecule has 5 heteroatoms. The van der Waals surface area contributed by atoms with Gasteiger partial charge < -0.3 is 5.32 Å². The maximum Gasteiger partial charge on any atom is 0.293 e. The standard InChI is InChI=1S/C14H19ClN2O2/c1-2-14(8-3-4-9-14)10-16-13-11(15)6-5-7-12(13)17(18)19/h5-7,16H,2-4,8-10H2,1H3. The summed E-state index contributed by atoms with van der Waals surface area (Å²) >= 11 is 6.08. The van der Waals surface area contributed by atoms with Gasteiger partial charge in [0, 0.05) is 12.6 Å². The number of nitrogens with one attached hydrogen (secondary N) is 1. The highest BCUT2D eigenvalue weighted by Crippen LogP contribution is 2.42. The molecule has 0 amide bonds. The number of hydrogen-bond donors (Lipinski definition) is 1. The van der Waals surface area contributed by atoms with E-state index in [-0.39, 0.29) is 16.0 Å². The summed E-state index contributed by atoms with van der Waals surface area (Å²) in [5.74, 6) is 0. The van der Waals surface area contributed by atoms with E-state index in [4.69, 9.17) is 11.6 Å². The Hall–Kier alpha value is -1.29. The number of hydrogen-bond acceptors (Lipinski definition) is 3. The zero-order chi connectivity index (χ0) is 13.9. The number of halogens is 1. The van der Waals surface area contributed by atoms with Gasteiger partial charge in [-0.15, -0.1) is 0 Å². The van der Waals surface area contributed by atoms with Crippen molar-refractivity contribution >= 4 is 23.0 Å². The third kappa shape index (κ3) is 3.00. The molecule has 1 N–H and O–H groups in total. The molecule has 104 valence electrons. The first-order chi connectivity index (χ1) is 9.08. The Morgan fingerprint density at radius 2 is 2.11 bits per heavy atom. The highest BCUT2D eigenvalue weighted by molar-refractivity contribution is 6.33. The maximum absolute atomic E-state index is 11.0. The second-order valence-corrected chi connectivity index (χ2v) is 5.71. The van der Waals surface area contributed by atoms with Gasteiger partial charge in [-0.25, -0.2) is 0 Å². The normalized spacial score (nSPS) is 17.4. The van der Waals surface area contributed by atoms with Crippen LogP contribution in [0.5, 0.6) is 0 Å². The van der Waals surface area contributed by atoms with E-state index in [9.17, 15) is 10.1 Å². The van der Waals surface area contributed by atoms with E-state index in [1.807, 2.05) is 0 Å². The summed E-state index contributed by atoms with van der Waals surface area (Å²) in [5, 5.41) is 14.7. The molecule has 0 aromatic heterocycles. The van der Waals surface area contributed by atoms with Crippen LogP contribution in [0.1, 0.15) is 39.0 Å². The van der Waals surface area contributed by atoms with Gasteiger partial charge in [-0.2, -0.15) is 0 Å². The predicted molar refractivity (Wildman–Crippen MR) is 77.8 cm³/mol. The average molecular weight is 283 g/mol. The molecule has 0 bridgehead atoms. The third-order valence-corrected chi connectivity index (χ3v) is 4.56. The van der Waals surface area contributed by atoms with Crippen LogP contribution in [0.25, 0.3) is 0 Å². The van der Waals surface area contributed by atoms with Gasteiger partial charge in [0.05, 0.1) is 9.95 Å². The molecule has 0 heterocycles. The van der Waals surface area contributed by atoms with Crippen LogP contribution in [0.15, 0.2) is 18.2 Å². The van der Waals surface area contributed by atoms with Gasteiger partial charge in [0.2, 0.25) is 0 Å². The lowest BCUT2D eigenvalue weighted by Crippen LogP contribution is -2.26. The van der Waals surface area contributed by atoms with Crippen LogP contribution in [0.2, 0.25) is 5.02 Å². The van der Waals surface area contributed by atoms with Crippen LogP contribution in [-0.2, 0) is 0 Å². The van der Waals surface area contributed by atoms with Crippen molar-refractivity contribution in [1.82, 2.24) is 0 Å². The number of rotatable bonds is 5. The molecule has 0 saturated heterocycles. The summed E-state index contributed by atoms with van der Waals surface area (Å²) in [5.41, 5.74) is 0.776. The Balaban J connectivity index is 2.17. The molecule has 1 fully saturated rings. The van der Waals surface area contributed by atoms with Crippen molar-refractivity contribution in [3.05, 3.63) is 33.3 Å². The van der Waals surface area contributed by atoms with E-state index in [2.05, 4.69) is 12.2 Å². The molecule has 2 rings (SSSR count). The minimum absolute atomic E-state index is 0.0525. The van der Waals surface area contributed by atoms with Crippen LogP contribution in [-0.4, -0.2) is 11.5 Å². The Morgan fingerprint density at radius 1 is 1.42 bits per heavy atom. The number of benzene rings is 1. The molecule has 1 aromatic carbocycles. The van der Waals surface area contributed by atoms with Crippen molar-refractivity contribution in [1.29, 1.82) is 0 Å². The monoisotopic (exact) mass is 282 g/mol. The van der Waals surface area contributed by atoms with Crippen LogP contribution in [0, 0.1) is 15.5 Å². The number of nitro benzene ring substituents is 1. The van der Waals surface area contributed by atoms with E-state index in [1.54, 1.807) is 12.1 Å². The van der Waals surface area contributed by atoms with Crippen LogP contribution in [0.4, 0.5) is 11.4 Å². The van der Waals surface area contributed by atoms with Gasteiger partial charge in [-0.05, 0) is 30.7 Å². The quantitative estimate of drug-likeness (QED) is 0.633. The van der Waals surface area contributed by atoms with Crippen LogP contribution >= 0.6 is 11.6 Å². The summed E-state index contributed by atoms with van der Waals surface area (Å²) in [6.45, 7) is 2.95. The highest BCUT2D eigenvalue weighted by Gasteiger charge is 2.32. The summed E-state index contributed by atoms with van der Waals surface area (Å²) in [4.78, 5) is 10.6.